The Labute approximate surface area is 118 Å². The minimum atomic E-state index is -0.491. The molecule has 1 aromatic carbocycles. The molecule has 0 saturated carbocycles. The maximum absolute atomic E-state index is 11.4. The molecular weight excluding hydrogens is 258 g/mol. The predicted octanol–water partition coefficient (Wildman–Crippen LogP) is 1.06. The fourth-order valence-corrected chi connectivity index (χ4v) is 1.38. The van der Waals surface area contributed by atoms with Gasteiger partial charge in [-0.15, -0.1) is 6.42 Å². The van der Waals surface area contributed by atoms with E-state index in [9.17, 15) is 9.59 Å². The van der Waals surface area contributed by atoms with Gasteiger partial charge in [-0.1, -0.05) is 24.1 Å². The van der Waals surface area contributed by atoms with E-state index in [-0.39, 0.29) is 26.2 Å². The molecule has 5 nitrogen and oxygen atoms in total. The molecule has 0 aliphatic heterocycles. The molecule has 0 aliphatic rings. The Morgan fingerprint density at radius 1 is 1.35 bits per heavy atom. The van der Waals surface area contributed by atoms with Crippen LogP contribution in [0.15, 0.2) is 24.3 Å². The Morgan fingerprint density at radius 2 is 2.10 bits per heavy atom. The lowest BCUT2D eigenvalue weighted by Gasteiger charge is -2.08. The van der Waals surface area contributed by atoms with Crippen molar-refractivity contribution >= 4 is 11.9 Å². The lowest BCUT2D eigenvalue weighted by Crippen LogP contribution is -2.29. The van der Waals surface area contributed by atoms with Gasteiger partial charge in [0.2, 0.25) is 0 Å². The minimum absolute atomic E-state index is 0.0801. The number of hydrogen-bond donors (Lipinski definition) is 1. The van der Waals surface area contributed by atoms with Crippen LogP contribution in [0.5, 0.6) is 5.75 Å². The molecule has 5 heteroatoms. The fourth-order valence-electron chi connectivity index (χ4n) is 1.38. The van der Waals surface area contributed by atoms with Crippen molar-refractivity contribution < 1.29 is 19.1 Å². The molecule has 0 unspecified atom stereocenters. The standard InChI is InChI=1S/C15H17NO4/c1-3-9-16-14(17)11-20-15(18)8-10-19-13-7-5-4-6-12(13)2/h1,4-7H,8-11H2,2H3,(H,16,17). The van der Waals surface area contributed by atoms with E-state index >= 15 is 0 Å². The summed E-state index contributed by atoms with van der Waals surface area (Å²) in [5.41, 5.74) is 0.995. The smallest absolute Gasteiger partial charge is 0.309 e. The summed E-state index contributed by atoms with van der Waals surface area (Å²) in [6, 6.07) is 7.51. The van der Waals surface area contributed by atoms with Gasteiger partial charge in [0.25, 0.3) is 5.91 Å². The van der Waals surface area contributed by atoms with Crippen molar-refractivity contribution in [3.63, 3.8) is 0 Å². The monoisotopic (exact) mass is 275 g/mol. The summed E-state index contributed by atoms with van der Waals surface area (Å²) in [6.07, 6.45) is 5.06. The molecule has 1 amide bonds. The van der Waals surface area contributed by atoms with E-state index in [1.165, 1.54) is 0 Å². The van der Waals surface area contributed by atoms with Crippen LogP contribution < -0.4 is 10.1 Å². The molecule has 0 bridgehead atoms. The fraction of sp³-hybridized carbons (Fsp3) is 0.333. The van der Waals surface area contributed by atoms with E-state index < -0.39 is 11.9 Å². The molecule has 106 valence electrons. The number of rotatable bonds is 7. The molecule has 1 rings (SSSR count). The number of amides is 1. The van der Waals surface area contributed by atoms with Crippen molar-refractivity contribution in [2.75, 3.05) is 19.8 Å². The number of para-hydroxylation sites is 1. The number of esters is 1. The van der Waals surface area contributed by atoms with Gasteiger partial charge in [-0.2, -0.15) is 0 Å². The van der Waals surface area contributed by atoms with Gasteiger partial charge in [-0.05, 0) is 18.6 Å². The number of benzene rings is 1. The molecule has 0 heterocycles. The zero-order valence-electron chi connectivity index (χ0n) is 11.3. The second-order valence-corrected chi connectivity index (χ2v) is 4.01. The Balaban J connectivity index is 2.19. The molecule has 1 aromatic rings. The number of carbonyl (C=O) groups excluding carboxylic acids is 2. The molecule has 0 fully saturated rings. The molecule has 0 aromatic heterocycles. The number of aryl methyl sites for hydroxylation is 1. The predicted molar refractivity (Wildman–Crippen MR) is 74.1 cm³/mol. The van der Waals surface area contributed by atoms with Crippen molar-refractivity contribution in [3.8, 4) is 18.1 Å². The highest BCUT2D eigenvalue weighted by molar-refractivity contribution is 5.80. The van der Waals surface area contributed by atoms with Crippen molar-refractivity contribution in [1.82, 2.24) is 5.32 Å². The summed E-state index contributed by atoms with van der Waals surface area (Å²) in [7, 11) is 0. The van der Waals surface area contributed by atoms with Gasteiger partial charge in [0.05, 0.1) is 19.6 Å². The van der Waals surface area contributed by atoms with Gasteiger partial charge in [0.15, 0.2) is 6.61 Å². The maximum atomic E-state index is 11.4. The van der Waals surface area contributed by atoms with Crippen molar-refractivity contribution in [2.24, 2.45) is 0 Å². The Kier molecular flexibility index (Phi) is 6.69. The van der Waals surface area contributed by atoms with Crippen LogP contribution in [0.3, 0.4) is 0 Å². The van der Waals surface area contributed by atoms with E-state index in [0.29, 0.717) is 0 Å². The molecule has 1 N–H and O–H groups in total. The van der Waals surface area contributed by atoms with Crippen LogP contribution in [0.1, 0.15) is 12.0 Å². The van der Waals surface area contributed by atoms with Gasteiger partial charge in [0, 0.05) is 0 Å². The molecule has 0 spiro atoms. The average Bonchev–Trinajstić information content (AvgIpc) is 2.45. The van der Waals surface area contributed by atoms with Gasteiger partial charge < -0.3 is 14.8 Å². The van der Waals surface area contributed by atoms with Crippen LogP contribution in [0.25, 0.3) is 0 Å². The first-order chi connectivity index (χ1) is 9.63. The van der Waals surface area contributed by atoms with Crippen molar-refractivity contribution in [1.29, 1.82) is 0 Å². The molecule has 0 radical (unpaired) electrons. The third-order valence-corrected chi connectivity index (χ3v) is 2.41. The summed E-state index contributed by atoms with van der Waals surface area (Å²) in [6.45, 7) is 1.91. The van der Waals surface area contributed by atoms with E-state index in [1.807, 2.05) is 31.2 Å². The number of carbonyl (C=O) groups is 2. The number of ether oxygens (including phenoxy) is 2. The van der Waals surface area contributed by atoms with Crippen molar-refractivity contribution in [3.05, 3.63) is 29.8 Å². The topological polar surface area (TPSA) is 64.6 Å². The molecule has 0 atom stereocenters. The third-order valence-electron chi connectivity index (χ3n) is 2.41. The highest BCUT2D eigenvalue weighted by atomic mass is 16.5. The van der Waals surface area contributed by atoms with Crippen LogP contribution >= 0.6 is 0 Å². The Hall–Kier alpha value is -2.48. The molecule has 20 heavy (non-hydrogen) atoms. The largest absolute Gasteiger partial charge is 0.493 e. The van der Waals surface area contributed by atoms with Crippen LogP contribution in [0.2, 0.25) is 0 Å². The quantitative estimate of drug-likeness (QED) is 0.597. The van der Waals surface area contributed by atoms with Crippen LogP contribution in [-0.2, 0) is 14.3 Å². The summed E-state index contributed by atoms with van der Waals surface area (Å²) in [4.78, 5) is 22.5. The van der Waals surface area contributed by atoms with Crippen LogP contribution in [0, 0.1) is 19.3 Å². The molecular formula is C15H17NO4. The first-order valence-electron chi connectivity index (χ1n) is 6.17. The normalized spacial score (nSPS) is 9.40. The first-order valence-corrected chi connectivity index (χ1v) is 6.17. The van der Waals surface area contributed by atoms with Gasteiger partial charge in [0.1, 0.15) is 5.75 Å². The second kappa shape index (κ2) is 8.59. The van der Waals surface area contributed by atoms with Gasteiger partial charge in [-0.3, -0.25) is 9.59 Å². The van der Waals surface area contributed by atoms with Crippen molar-refractivity contribution in [2.45, 2.75) is 13.3 Å². The zero-order chi connectivity index (χ0) is 14.8. The van der Waals surface area contributed by atoms with E-state index in [0.717, 1.165) is 11.3 Å². The Bertz CT molecular complexity index is 505. The molecule has 0 saturated heterocycles. The third kappa shape index (κ3) is 5.91. The van der Waals surface area contributed by atoms with Crippen LogP contribution in [0.4, 0.5) is 0 Å². The number of hydrogen-bond acceptors (Lipinski definition) is 4. The first kappa shape index (κ1) is 15.6. The SMILES string of the molecule is C#CCNC(=O)COC(=O)CCOc1ccccc1C. The minimum Gasteiger partial charge on any atom is -0.493 e. The van der Waals surface area contributed by atoms with Gasteiger partial charge >= 0.3 is 5.97 Å². The van der Waals surface area contributed by atoms with Gasteiger partial charge in [-0.25, -0.2) is 0 Å². The summed E-state index contributed by atoms with van der Waals surface area (Å²) in [5, 5.41) is 2.39. The van der Waals surface area contributed by atoms with Crippen LogP contribution in [-0.4, -0.2) is 31.6 Å². The maximum Gasteiger partial charge on any atom is 0.309 e. The highest BCUT2D eigenvalue weighted by Crippen LogP contribution is 2.16. The van der Waals surface area contributed by atoms with E-state index in [2.05, 4.69) is 11.2 Å². The lowest BCUT2D eigenvalue weighted by atomic mass is 10.2. The highest BCUT2D eigenvalue weighted by Gasteiger charge is 2.07. The summed E-state index contributed by atoms with van der Waals surface area (Å²) >= 11 is 0. The average molecular weight is 275 g/mol. The van der Waals surface area contributed by atoms with E-state index in [4.69, 9.17) is 15.9 Å². The number of nitrogens with one attached hydrogen (secondary N) is 1. The molecule has 0 aliphatic carbocycles. The number of terminal acetylenes is 1. The lowest BCUT2D eigenvalue weighted by molar-refractivity contribution is -0.148. The zero-order valence-corrected chi connectivity index (χ0v) is 11.3. The second-order valence-electron chi connectivity index (χ2n) is 4.01. The summed E-state index contributed by atoms with van der Waals surface area (Å²) < 4.78 is 10.2. The Morgan fingerprint density at radius 3 is 2.80 bits per heavy atom. The van der Waals surface area contributed by atoms with E-state index in [1.54, 1.807) is 0 Å². The summed E-state index contributed by atoms with van der Waals surface area (Å²) in [5.74, 6) is 2.07.